The summed E-state index contributed by atoms with van der Waals surface area (Å²) in [6.07, 6.45) is 1.95. The van der Waals surface area contributed by atoms with Crippen molar-refractivity contribution in [3.8, 4) is 0 Å². The van der Waals surface area contributed by atoms with E-state index in [1.54, 1.807) is 6.92 Å². The van der Waals surface area contributed by atoms with Crippen molar-refractivity contribution in [3.63, 3.8) is 0 Å². The maximum Gasteiger partial charge on any atom is 0.279 e. The Balaban J connectivity index is 2.54. The van der Waals surface area contributed by atoms with Gasteiger partial charge in [-0.15, -0.1) is 0 Å². The number of amidine groups is 1. The van der Waals surface area contributed by atoms with Crippen LogP contribution in [0.15, 0.2) is 5.16 Å². The summed E-state index contributed by atoms with van der Waals surface area (Å²) in [5, 5.41) is 11.4. The normalized spacial score (nSPS) is 25.0. The molecule has 1 heterocycles. The Morgan fingerprint density at radius 2 is 2.33 bits per heavy atom. The highest BCUT2D eigenvalue weighted by Crippen LogP contribution is 2.17. The Hall–Kier alpha value is -0.860. The summed E-state index contributed by atoms with van der Waals surface area (Å²) < 4.78 is 28.0. The Labute approximate surface area is 108 Å². The SMILES string of the molecule is CC1CCCN(S(=O)(=O)NCC(C)C(N)=NO)C1. The van der Waals surface area contributed by atoms with Crippen LogP contribution in [-0.2, 0) is 10.2 Å². The first kappa shape index (κ1) is 15.2. The second-order valence-electron chi connectivity index (χ2n) is 4.88. The van der Waals surface area contributed by atoms with Gasteiger partial charge in [-0.2, -0.15) is 12.7 Å². The molecule has 4 N–H and O–H groups in total. The van der Waals surface area contributed by atoms with E-state index in [4.69, 9.17) is 10.9 Å². The maximum atomic E-state index is 12.0. The molecule has 106 valence electrons. The standard InChI is InChI=1S/C10H22N4O3S/c1-8-4-3-5-14(7-8)18(16,17)12-6-9(2)10(11)13-15/h8-9,12,15H,3-7H2,1-2H3,(H2,11,13). The van der Waals surface area contributed by atoms with Crippen molar-refractivity contribution in [1.29, 1.82) is 0 Å². The van der Waals surface area contributed by atoms with E-state index in [0.717, 1.165) is 12.8 Å². The van der Waals surface area contributed by atoms with Crippen LogP contribution in [0.1, 0.15) is 26.7 Å². The molecule has 0 aromatic heterocycles. The lowest BCUT2D eigenvalue weighted by Gasteiger charge is -2.30. The third kappa shape index (κ3) is 4.11. The van der Waals surface area contributed by atoms with Gasteiger partial charge in [0.25, 0.3) is 10.2 Å². The van der Waals surface area contributed by atoms with Gasteiger partial charge in [-0.3, -0.25) is 0 Å². The number of nitrogens with zero attached hydrogens (tertiary/aromatic N) is 2. The van der Waals surface area contributed by atoms with Crippen molar-refractivity contribution in [3.05, 3.63) is 0 Å². The smallest absolute Gasteiger partial charge is 0.279 e. The highest BCUT2D eigenvalue weighted by atomic mass is 32.2. The van der Waals surface area contributed by atoms with Gasteiger partial charge in [-0.25, -0.2) is 4.72 Å². The molecule has 7 nitrogen and oxygen atoms in total. The maximum absolute atomic E-state index is 12.0. The number of oxime groups is 1. The van der Waals surface area contributed by atoms with Crippen LogP contribution in [0.5, 0.6) is 0 Å². The number of rotatable bonds is 5. The summed E-state index contributed by atoms with van der Waals surface area (Å²) in [6, 6.07) is 0. The van der Waals surface area contributed by atoms with E-state index in [1.807, 2.05) is 6.92 Å². The van der Waals surface area contributed by atoms with Crippen molar-refractivity contribution >= 4 is 16.0 Å². The van der Waals surface area contributed by atoms with E-state index in [-0.39, 0.29) is 18.3 Å². The Kier molecular flexibility index (Phi) is 5.36. The fourth-order valence-electron chi connectivity index (χ4n) is 1.89. The first-order valence-electron chi connectivity index (χ1n) is 6.09. The highest BCUT2D eigenvalue weighted by molar-refractivity contribution is 7.87. The summed E-state index contributed by atoms with van der Waals surface area (Å²) in [6.45, 7) is 4.96. The monoisotopic (exact) mass is 278 g/mol. The average Bonchev–Trinajstić information content (AvgIpc) is 2.35. The number of nitrogens with one attached hydrogen (secondary N) is 1. The largest absolute Gasteiger partial charge is 0.409 e. The lowest BCUT2D eigenvalue weighted by atomic mass is 10.0. The van der Waals surface area contributed by atoms with E-state index >= 15 is 0 Å². The molecule has 0 aromatic rings. The van der Waals surface area contributed by atoms with Crippen LogP contribution in [0.4, 0.5) is 0 Å². The minimum absolute atomic E-state index is 0.0183. The van der Waals surface area contributed by atoms with Crippen molar-refractivity contribution in [2.75, 3.05) is 19.6 Å². The topological polar surface area (TPSA) is 108 Å². The van der Waals surface area contributed by atoms with Crippen molar-refractivity contribution in [1.82, 2.24) is 9.03 Å². The molecule has 2 unspecified atom stereocenters. The summed E-state index contributed by atoms with van der Waals surface area (Å²) in [5.41, 5.74) is 5.40. The predicted molar refractivity (Wildman–Crippen MR) is 69.5 cm³/mol. The molecule has 0 radical (unpaired) electrons. The van der Waals surface area contributed by atoms with Gasteiger partial charge in [0, 0.05) is 25.6 Å². The summed E-state index contributed by atoms with van der Waals surface area (Å²) in [5.74, 6) is 0.0634. The van der Waals surface area contributed by atoms with Gasteiger partial charge in [0.05, 0.1) is 0 Å². The average molecular weight is 278 g/mol. The van der Waals surface area contributed by atoms with Gasteiger partial charge < -0.3 is 10.9 Å². The van der Waals surface area contributed by atoms with Gasteiger partial charge in [0.1, 0.15) is 5.84 Å². The highest BCUT2D eigenvalue weighted by Gasteiger charge is 2.27. The summed E-state index contributed by atoms with van der Waals surface area (Å²) >= 11 is 0. The minimum Gasteiger partial charge on any atom is -0.409 e. The van der Waals surface area contributed by atoms with Crippen LogP contribution in [0.3, 0.4) is 0 Å². The van der Waals surface area contributed by atoms with Gasteiger partial charge in [-0.05, 0) is 18.8 Å². The molecule has 2 atom stereocenters. The second kappa shape index (κ2) is 6.35. The number of hydrogen-bond acceptors (Lipinski definition) is 4. The van der Waals surface area contributed by atoms with Crippen LogP contribution in [0, 0.1) is 11.8 Å². The predicted octanol–water partition coefficient (Wildman–Crippen LogP) is -0.0648. The van der Waals surface area contributed by atoms with Gasteiger partial charge >= 0.3 is 0 Å². The van der Waals surface area contributed by atoms with E-state index in [2.05, 4.69) is 9.88 Å². The van der Waals surface area contributed by atoms with Gasteiger partial charge in [-0.1, -0.05) is 19.0 Å². The molecule has 0 amide bonds. The first-order chi connectivity index (χ1) is 8.36. The molecule has 1 saturated heterocycles. The fourth-order valence-corrected chi connectivity index (χ4v) is 3.35. The van der Waals surface area contributed by atoms with E-state index < -0.39 is 10.2 Å². The number of nitrogens with two attached hydrogens (primary N) is 1. The molecule has 1 rings (SSSR count). The molecular formula is C10H22N4O3S. The fraction of sp³-hybridized carbons (Fsp3) is 0.900. The number of piperidine rings is 1. The zero-order valence-electron chi connectivity index (χ0n) is 10.8. The van der Waals surface area contributed by atoms with Crippen molar-refractivity contribution < 1.29 is 13.6 Å². The van der Waals surface area contributed by atoms with E-state index in [1.165, 1.54) is 4.31 Å². The summed E-state index contributed by atoms with van der Waals surface area (Å²) in [7, 11) is -3.46. The molecule has 1 aliphatic heterocycles. The van der Waals surface area contributed by atoms with Gasteiger partial charge in [0.2, 0.25) is 0 Å². The molecule has 0 saturated carbocycles. The first-order valence-corrected chi connectivity index (χ1v) is 7.53. The molecule has 0 spiro atoms. The van der Waals surface area contributed by atoms with Crippen LogP contribution in [0.25, 0.3) is 0 Å². The number of hydrogen-bond donors (Lipinski definition) is 3. The second-order valence-corrected chi connectivity index (χ2v) is 6.64. The molecule has 0 aliphatic carbocycles. The zero-order chi connectivity index (χ0) is 13.8. The molecule has 0 bridgehead atoms. The zero-order valence-corrected chi connectivity index (χ0v) is 11.7. The van der Waals surface area contributed by atoms with Crippen LogP contribution >= 0.6 is 0 Å². The van der Waals surface area contributed by atoms with E-state index in [9.17, 15) is 8.42 Å². The van der Waals surface area contributed by atoms with Crippen molar-refractivity contribution in [2.45, 2.75) is 26.7 Å². The molecule has 1 aliphatic rings. The lowest BCUT2D eigenvalue weighted by molar-refractivity contribution is 0.278. The quantitative estimate of drug-likeness (QED) is 0.283. The van der Waals surface area contributed by atoms with Crippen LogP contribution in [0.2, 0.25) is 0 Å². The Bertz CT molecular complexity index is 396. The van der Waals surface area contributed by atoms with E-state index in [0.29, 0.717) is 19.0 Å². The minimum atomic E-state index is -3.46. The summed E-state index contributed by atoms with van der Waals surface area (Å²) in [4.78, 5) is 0. The Morgan fingerprint density at radius 1 is 1.67 bits per heavy atom. The molecular weight excluding hydrogens is 256 g/mol. The Morgan fingerprint density at radius 3 is 2.89 bits per heavy atom. The van der Waals surface area contributed by atoms with Crippen molar-refractivity contribution in [2.24, 2.45) is 22.7 Å². The molecule has 18 heavy (non-hydrogen) atoms. The van der Waals surface area contributed by atoms with Crippen LogP contribution in [-0.4, -0.2) is 43.4 Å². The van der Waals surface area contributed by atoms with Crippen LogP contribution < -0.4 is 10.5 Å². The third-order valence-corrected chi connectivity index (χ3v) is 4.69. The molecule has 1 fully saturated rings. The lowest BCUT2D eigenvalue weighted by Crippen LogP contribution is -2.47. The third-order valence-electron chi connectivity index (χ3n) is 3.15. The molecule has 0 aromatic carbocycles. The van der Waals surface area contributed by atoms with Gasteiger partial charge in [0.15, 0.2) is 0 Å². The molecule has 8 heteroatoms.